The fourth-order valence-electron chi connectivity index (χ4n) is 3.68. The predicted molar refractivity (Wildman–Crippen MR) is 139 cm³/mol. The van der Waals surface area contributed by atoms with E-state index in [-0.39, 0.29) is 23.2 Å². The molecule has 3 rings (SSSR count). The van der Waals surface area contributed by atoms with Gasteiger partial charge in [-0.1, -0.05) is 10.3 Å². The molecule has 3 heterocycles. The first-order valence-corrected chi connectivity index (χ1v) is 12.4. The lowest BCUT2D eigenvalue weighted by Gasteiger charge is -2.30. The first-order valence-electron chi connectivity index (χ1n) is 12.4. The molecular weight excluding hydrogens is 554 g/mol. The molecule has 0 bridgehead atoms. The van der Waals surface area contributed by atoms with Gasteiger partial charge in [0, 0.05) is 26.4 Å². The number of carbonyl (C=O) groups excluding carboxylic acids is 2. The van der Waals surface area contributed by atoms with Gasteiger partial charge in [0.25, 0.3) is 0 Å². The molecule has 1 saturated heterocycles. The van der Waals surface area contributed by atoms with Crippen LogP contribution in [-0.4, -0.2) is 90.6 Å². The van der Waals surface area contributed by atoms with Crippen LogP contribution in [0.3, 0.4) is 0 Å². The number of rotatable bonds is 10. The molecule has 0 radical (unpaired) electrons. The van der Waals surface area contributed by atoms with Gasteiger partial charge < -0.3 is 23.6 Å². The highest BCUT2D eigenvalue weighted by molar-refractivity contribution is 5.93. The van der Waals surface area contributed by atoms with E-state index >= 15 is 0 Å². The van der Waals surface area contributed by atoms with Gasteiger partial charge in [-0.3, -0.25) is 15.0 Å². The summed E-state index contributed by atoms with van der Waals surface area (Å²) in [4.78, 5) is 35.1. The van der Waals surface area contributed by atoms with Gasteiger partial charge in [-0.2, -0.15) is 10.1 Å². The van der Waals surface area contributed by atoms with Crippen LogP contribution in [0.5, 0.6) is 0 Å². The molecular formula is C24H38F2N6O9. The Kier molecular flexibility index (Phi) is 11.2. The molecule has 17 heteroatoms. The number of aliphatic hydroxyl groups is 1. The van der Waals surface area contributed by atoms with Gasteiger partial charge >= 0.3 is 12.1 Å². The maximum absolute atomic E-state index is 13.7. The predicted octanol–water partition coefficient (Wildman–Crippen LogP) is 3.67. The van der Waals surface area contributed by atoms with Crippen LogP contribution in [0.25, 0.3) is 0 Å². The summed E-state index contributed by atoms with van der Waals surface area (Å²) < 4.78 is 47.3. The number of nitrogens with zero attached hydrogens (tertiary/aromatic N) is 5. The Labute approximate surface area is 236 Å². The average Bonchev–Trinajstić information content (AvgIpc) is 3.60. The molecule has 0 saturated carbocycles. The number of nitrogens with one attached hydrogen (secondary N) is 1. The minimum absolute atomic E-state index is 0.00600. The topological polar surface area (TPSA) is 165 Å². The minimum Gasteiger partial charge on any atom is -0.371 e. The molecule has 2 aromatic heterocycles. The number of hydroxylamine groups is 4. The van der Waals surface area contributed by atoms with E-state index < -0.39 is 48.0 Å². The number of carbonyl (C=O) groups is 2. The zero-order valence-electron chi connectivity index (χ0n) is 24.7. The Morgan fingerprint density at radius 1 is 1.07 bits per heavy atom. The van der Waals surface area contributed by atoms with Crippen molar-refractivity contribution < 1.29 is 51.7 Å². The van der Waals surface area contributed by atoms with Gasteiger partial charge in [-0.05, 0) is 41.5 Å². The Morgan fingerprint density at radius 3 is 2.02 bits per heavy atom. The van der Waals surface area contributed by atoms with E-state index in [1.54, 1.807) is 13.8 Å². The molecule has 232 valence electrons. The molecule has 1 fully saturated rings. The lowest BCUT2D eigenvalue weighted by molar-refractivity contribution is -0.201. The van der Waals surface area contributed by atoms with Gasteiger partial charge in [0.2, 0.25) is 0 Å². The molecule has 0 aliphatic carbocycles. The van der Waals surface area contributed by atoms with Crippen LogP contribution in [0, 0.1) is 0 Å². The van der Waals surface area contributed by atoms with Gasteiger partial charge in [-0.15, -0.1) is 0 Å². The molecule has 3 unspecified atom stereocenters. The first kappa shape index (κ1) is 33.8. The van der Waals surface area contributed by atoms with Crippen LogP contribution in [0.4, 0.5) is 30.0 Å². The van der Waals surface area contributed by atoms with Crippen LogP contribution in [0.15, 0.2) is 21.2 Å². The van der Waals surface area contributed by atoms with Crippen LogP contribution >= 0.6 is 0 Å². The quantitative estimate of drug-likeness (QED) is 0.305. The third-order valence-corrected chi connectivity index (χ3v) is 5.94. The third-order valence-electron chi connectivity index (χ3n) is 5.94. The number of ether oxygens (including phenoxy) is 2. The van der Waals surface area contributed by atoms with Gasteiger partial charge in [0.1, 0.15) is 12.1 Å². The monoisotopic (exact) mass is 592 g/mol. The van der Waals surface area contributed by atoms with Crippen molar-refractivity contribution in [3.05, 3.63) is 23.7 Å². The molecule has 1 aliphatic heterocycles. The number of alkyl halides is 2. The molecule has 0 aromatic carbocycles. The summed E-state index contributed by atoms with van der Waals surface area (Å²) in [6.07, 6.45) is -1.82. The molecule has 2 N–H and O–H groups in total. The van der Waals surface area contributed by atoms with Gasteiger partial charge in [0.05, 0.1) is 14.2 Å². The molecule has 41 heavy (non-hydrogen) atoms. The fourth-order valence-corrected chi connectivity index (χ4v) is 3.68. The summed E-state index contributed by atoms with van der Waals surface area (Å²) in [7, 11) is 5.55. The van der Waals surface area contributed by atoms with E-state index in [4.69, 9.17) is 28.2 Å². The summed E-state index contributed by atoms with van der Waals surface area (Å²) in [5, 5.41) is 21.7. The van der Waals surface area contributed by atoms with E-state index in [0.717, 1.165) is 15.0 Å². The number of halogens is 2. The Morgan fingerprint density at radius 2 is 1.61 bits per heavy atom. The van der Waals surface area contributed by atoms with Crippen LogP contribution in [0.1, 0.15) is 53.1 Å². The minimum atomic E-state index is -1.72. The smallest absolute Gasteiger partial charge is 0.352 e. The van der Waals surface area contributed by atoms with E-state index in [9.17, 15) is 23.5 Å². The van der Waals surface area contributed by atoms with Crippen molar-refractivity contribution >= 4 is 23.7 Å². The second-order valence-corrected chi connectivity index (χ2v) is 9.90. The van der Waals surface area contributed by atoms with Crippen molar-refractivity contribution in [2.75, 3.05) is 38.7 Å². The molecule has 15 nitrogen and oxygen atoms in total. The zero-order valence-corrected chi connectivity index (χ0v) is 24.7. The lowest BCUT2D eigenvalue weighted by atomic mass is 10.1. The molecule has 0 spiro atoms. The normalized spacial score (nSPS) is 18.4. The van der Waals surface area contributed by atoms with E-state index in [0.29, 0.717) is 0 Å². The fraction of sp³-hybridized carbons (Fsp3) is 0.667. The number of aliphatic hydroxyl groups excluding tert-OH is 1. The summed E-state index contributed by atoms with van der Waals surface area (Å²) in [5.41, 5.74) is -3.41. The third kappa shape index (κ3) is 7.88. The second-order valence-electron chi connectivity index (χ2n) is 9.90. The lowest BCUT2D eigenvalue weighted by Crippen LogP contribution is -2.47. The standard InChI is InChI=1S/C13H22FN3O5.C11H16FN3O4/c1-8(11(19-4)20-5)17(21-6)12(18)15-10-7-9(22-16-10)13(2,3)14;1-6-9(16)14(10(17)15(6)18-4)8-5-7(19-13-8)11(2,3)12/h7-8,11H,1-6H3,(H,15,16,18);5-6,9,16H,1-4H3. The number of urea groups is 2. The van der Waals surface area contributed by atoms with Crippen molar-refractivity contribution in [2.24, 2.45) is 0 Å². The highest BCUT2D eigenvalue weighted by Gasteiger charge is 2.46. The molecule has 3 atom stereocenters. The van der Waals surface area contributed by atoms with Crippen molar-refractivity contribution in [2.45, 2.75) is 77.5 Å². The van der Waals surface area contributed by atoms with E-state index in [1.807, 2.05) is 0 Å². The van der Waals surface area contributed by atoms with Gasteiger partial charge in [0.15, 0.2) is 47.0 Å². The Bertz CT molecular complexity index is 1150. The maximum atomic E-state index is 13.7. The van der Waals surface area contributed by atoms with Crippen molar-refractivity contribution in [1.29, 1.82) is 0 Å². The van der Waals surface area contributed by atoms with E-state index in [2.05, 4.69) is 15.6 Å². The maximum Gasteiger partial charge on any atom is 0.352 e. The van der Waals surface area contributed by atoms with Crippen LogP contribution < -0.4 is 10.2 Å². The summed E-state index contributed by atoms with van der Waals surface area (Å²) in [6, 6.07) is 0.276. The number of hydrogen-bond donors (Lipinski definition) is 2. The second kappa shape index (κ2) is 13.5. The first-order chi connectivity index (χ1) is 19.0. The highest BCUT2D eigenvalue weighted by atomic mass is 19.1. The highest BCUT2D eigenvalue weighted by Crippen LogP contribution is 2.32. The average molecular weight is 593 g/mol. The van der Waals surface area contributed by atoms with Gasteiger partial charge in [-0.25, -0.2) is 23.3 Å². The number of methoxy groups -OCH3 is 2. The number of anilines is 2. The number of hydrogen-bond acceptors (Lipinski definition) is 11. The SMILES string of the molecule is COC(OC)C(C)N(OC)C(=O)Nc1cc(C(C)(C)F)on1.CON1C(=O)N(c2cc(C(C)(C)F)on2)C(O)C1C. The number of amides is 4. The summed E-state index contributed by atoms with van der Waals surface area (Å²) in [5.74, 6) is 0.105. The largest absolute Gasteiger partial charge is 0.371 e. The Balaban J connectivity index is 0.000000289. The van der Waals surface area contributed by atoms with Crippen molar-refractivity contribution in [3.63, 3.8) is 0 Å². The molecule has 2 aromatic rings. The van der Waals surface area contributed by atoms with Crippen molar-refractivity contribution in [3.8, 4) is 0 Å². The zero-order chi connectivity index (χ0) is 31.3. The number of aromatic nitrogens is 2. The Hall–Kier alpha value is -3.38. The molecule has 4 amide bonds. The summed E-state index contributed by atoms with van der Waals surface area (Å²) >= 11 is 0. The summed E-state index contributed by atoms with van der Waals surface area (Å²) in [6.45, 7) is 8.56. The van der Waals surface area contributed by atoms with Crippen LogP contribution in [0.2, 0.25) is 0 Å². The van der Waals surface area contributed by atoms with Crippen molar-refractivity contribution in [1.82, 2.24) is 20.4 Å². The van der Waals surface area contributed by atoms with E-state index in [1.165, 1.54) is 68.3 Å². The molecule has 1 aliphatic rings. The van der Waals surface area contributed by atoms with Crippen LogP contribution in [-0.2, 0) is 30.5 Å².